The van der Waals surface area contributed by atoms with Crippen LogP contribution in [0.3, 0.4) is 0 Å². The van der Waals surface area contributed by atoms with Crippen LogP contribution in [-0.2, 0) is 6.54 Å². The molecule has 1 aromatic carbocycles. The van der Waals surface area contributed by atoms with Crippen LogP contribution in [-0.4, -0.2) is 20.2 Å². The molecule has 2 N–H and O–H groups in total. The quantitative estimate of drug-likeness (QED) is 0.856. The molecule has 1 heterocycles. The fourth-order valence-corrected chi connectivity index (χ4v) is 3.26. The summed E-state index contributed by atoms with van der Waals surface area (Å²) in [4.78, 5) is 0. The van der Waals surface area contributed by atoms with E-state index in [-0.39, 0.29) is 0 Å². The normalized spacial score (nSPS) is 15.7. The van der Waals surface area contributed by atoms with Crippen molar-refractivity contribution in [1.29, 1.82) is 0 Å². The molecule has 3 rings (SSSR count). The Morgan fingerprint density at radius 1 is 1.29 bits per heavy atom. The lowest BCUT2D eigenvalue weighted by Gasteiger charge is -2.10. The van der Waals surface area contributed by atoms with Gasteiger partial charge in [0.2, 0.25) is 0 Å². The zero-order chi connectivity index (χ0) is 14.7. The maximum atomic E-state index is 5.89. The van der Waals surface area contributed by atoms with Crippen molar-refractivity contribution < 1.29 is 0 Å². The summed E-state index contributed by atoms with van der Waals surface area (Å²) < 4.78 is 1.91. The van der Waals surface area contributed by atoms with Crippen LogP contribution in [0, 0.1) is 12.8 Å². The van der Waals surface area contributed by atoms with Crippen LogP contribution in [0.1, 0.15) is 44.1 Å². The second-order valence-corrected chi connectivity index (χ2v) is 6.09. The first-order valence-corrected chi connectivity index (χ1v) is 7.86. The van der Waals surface area contributed by atoms with Crippen LogP contribution >= 0.6 is 0 Å². The first-order valence-electron chi connectivity index (χ1n) is 7.86. The molecule has 1 aromatic heterocycles. The minimum atomic E-state index is 0.746. The van der Waals surface area contributed by atoms with Gasteiger partial charge >= 0.3 is 0 Å². The van der Waals surface area contributed by atoms with E-state index in [1.165, 1.54) is 32.1 Å². The Balaban J connectivity index is 1.69. The highest BCUT2D eigenvalue weighted by Gasteiger charge is 2.16. The molecule has 1 aliphatic carbocycles. The van der Waals surface area contributed by atoms with E-state index in [1.807, 2.05) is 22.9 Å². The lowest BCUT2D eigenvalue weighted by atomic mass is 10.0. The monoisotopic (exact) mass is 285 g/mol. The highest BCUT2D eigenvalue weighted by Crippen LogP contribution is 2.29. The number of tetrazole rings is 1. The number of nitrogens with two attached hydrogens (primary N) is 1. The van der Waals surface area contributed by atoms with Crippen molar-refractivity contribution in [2.24, 2.45) is 5.92 Å². The van der Waals surface area contributed by atoms with Crippen LogP contribution in [0.4, 0.5) is 5.69 Å². The van der Waals surface area contributed by atoms with Gasteiger partial charge in [-0.1, -0.05) is 31.7 Å². The molecule has 112 valence electrons. The van der Waals surface area contributed by atoms with Crippen LogP contribution in [0.2, 0.25) is 0 Å². The third kappa shape index (κ3) is 3.23. The largest absolute Gasteiger partial charge is 0.399 e. The molecule has 0 aliphatic heterocycles. The van der Waals surface area contributed by atoms with Gasteiger partial charge in [0.05, 0.1) is 0 Å². The Morgan fingerprint density at radius 2 is 2.10 bits per heavy atom. The molecule has 0 unspecified atom stereocenters. The van der Waals surface area contributed by atoms with Crippen molar-refractivity contribution in [3.05, 3.63) is 23.8 Å². The fraction of sp³-hybridized carbons (Fsp3) is 0.562. The van der Waals surface area contributed by atoms with Crippen molar-refractivity contribution in [3.8, 4) is 11.4 Å². The summed E-state index contributed by atoms with van der Waals surface area (Å²) in [6.07, 6.45) is 8.04. The predicted octanol–water partition coefficient (Wildman–Crippen LogP) is 3.20. The highest BCUT2D eigenvalue weighted by atomic mass is 15.5. The van der Waals surface area contributed by atoms with Gasteiger partial charge in [-0.15, -0.1) is 5.10 Å². The number of nitrogens with zero attached hydrogens (tertiary/aromatic N) is 4. The second kappa shape index (κ2) is 6.24. The van der Waals surface area contributed by atoms with Gasteiger partial charge in [-0.25, -0.2) is 4.68 Å². The maximum Gasteiger partial charge on any atom is 0.182 e. The molecule has 0 bridgehead atoms. The number of rotatable bonds is 5. The van der Waals surface area contributed by atoms with Gasteiger partial charge in [0, 0.05) is 17.8 Å². The molecule has 0 spiro atoms. The summed E-state index contributed by atoms with van der Waals surface area (Å²) in [5, 5.41) is 12.2. The van der Waals surface area contributed by atoms with Crippen molar-refractivity contribution in [1.82, 2.24) is 20.2 Å². The molecule has 0 amide bonds. The molecule has 21 heavy (non-hydrogen) atoms. The highest BCUT2D eigenvalue weighted by molar-refractivity contribution is 5.65. The summed E-state index contributed by atoms with van der Waals surface area (Å²) in [6.45, 7) is 2.94. The average molecular weight is 285 g/mol. The molecule has 1 fully saturated rings. The molecular formula is C16H23N5. The van der Waals surface area contributed by atoms with Crippen LogP contribution < -0.4 is 5.73 Å². The molecule has 5 nitrogen and oxygen atoms in total. The van der Waals surface area contributed by atoms with Gasteiger partial charge < -0.3 is 5.73 Å². The number of aromatic nitrogens is 4. The van der Waals surface area contributed by atoms with Crippen LogP contribution in [0.25, 0.3) is 11.4 Å². The van der Waals surface area contributed by atoms with Gasteiger partial charge in [-0.2, -0.15) is 0 Å². The molecule has 2 aromatic rings. The third-order valence-corrected chi connectivity index (χ3v) is 4.49. The summed E-state index contributed by atoms with van der Waals surface area (Å²) in [6, 6.07) is 5.88. The lowest BCUT2D eigenvalue weighted by Crippen LogP contribution is -2.06. The Kier molecular flexibility index (Phi) is 4.18. The first-order chi connectivity index (χ1) is 10.2. The van der Waals surface area contributed by atoms with E-state index in [9.17, 15) is 0 Å². The van der Waals surface area contributed by atoms with E-state index in [4.69, 9.17) is 5.73 Å². The van der Waals surface area contributed by atoms with Gasteiger partial charge in [0.25, 0.3) is 0 Å². The maximum absolute atomic E-state index is 5.89. The first kappa shape index (κ1) is 14.0. The van der Waals surface area contributed by atoms with E-state index >= 15 is 0 Å². The van der Waals surface area contributed by atoms with Crippen molar-refractivity contribution in [2.75, 3.05) is 5.73 Å². The standard InChI is InChI=1S/C16H23N5/c1-12-8-9-14(17)11-15(12)16-18-19-20-21(16)10-4-7-13-5-2-3-6-13/h8-9,11,13H,2-7,10,17H2,1H3. The Bertz CT molecular complexity index is 598. The van der Waals surface area contributed by atoms with Crippen molar-refractivity contribution in [3.63, 3.8) is 0 Å². The summed E-state index contributed by atoms with van der Waals surface area (Å²) >= 11 is 0. The summed E-state index contributed by atoms with van der Waals surface area (Å²) in [5.41, 5.74) is 8.81. The van der Waals surface area contributed by atoms with Gasteiger partial charge in [0.15, 0.2) is 5.82 Å². The molecule has 5 heteroatoms. The number of nitrogen functional groups attached to an aromatic ring is 1. The zero-order valence-corrected chi connectivity index (χ0v) is 12.6. The molecule has 1 aliphatic rings. The lowest BCUT2D eigenvalue weighted by molar-refractivity contribution is 0.444. The minimum absolute atomic E-state index is 0.746. The van der Waals surface area contributed by atoms with E-state index < -0.39 is 0 Å². The van der Waals surface area contributed by atoms with E-state index in [2.05, 4.69) is 22.4 Å². The zero-order valence-electron chi connectivity index (χ0n) is 12.6. The third-order valence-electron chi connectivity index (χ3n) is 4.49. The SMILES string of the molecule is Cc1ccc(N)cc1-c1nnnn1CCCC1CCCC1. The number of benzene rings is 1. The number of aryl methyl sites for hydroxylation is 2. The summed E-state index contributed by atoms with van der Waals surface area (Å²) in [7, 11) is 0. The Hall–Kier alpha value is -1.91. The predicted molar refractivity (Wildman–Crippen MR) is 83.6 cm³/mol. The number of anilines is 1. The van der Waals surface area contributed by atoms with E-state index in [0.29, 0.717) is 0 Å². The molecule has 0 atom stereocenters. The minimum Gasteiger partial charge on any atom is -0.399 e. The smallest absolute Gasteiger partial charge is 0.182 e. The molecule has 0 saturated heterocycles. The van der Waals surface area contributed by atoms with Crippen LogP contribution in [0.5, 0.6) is 0 Å². The Morgan fingerprint density at radius 3 is 2.90 bits per heavy atom. The number of hydrogen-bond acceptors (Lipinski definition) is 4. The molecular weight excluding hydrogens is 262 g/mol. The topological polar surface area (TPSA) is 69.6 Å². The van der Waals surface area contributed by atoms with Gasteiger partial charge in [-0.05, 0) is 53.8 Å². The van der Waals surface area contributed by atoms with E-state index in [1.54, 1.807) is 0 Å². The molecule has 0 radical (unpaired) electrons. The van der Waals surface area contributed by atoms with Gasteiger partial charge in [-0.3, -0.25) is 0 Å². The molecule has 1 saturated carbocycles. The average Bonchev–Trinajstić information content (AvgIpc) is 3.13. The van der Waals surface area contributed by atoms with Crippen LogP contribution in [0.15, 0.2) is 18.2 Å². The van der Waals surface area contributed by atoms with Crippen molar-refractivity contribution in [2.45, 2.75) is 52.0 Å². The summed E-state index contributed by atoms with van der Waals surface area (Å²) in [5.74, 6) is 1.74. The fourth-order valence-electron chi connectivity index (χ4n) is 3.26. The van der Waals surface area contributed by atoms with Gasteiger partial charge in [0.1, 0.15) is 0 Å². The number of hydrogen-bond donors (Lipinski definition) is 1. The Labute approximate surface area is 125 Å². The van der Waals surface area contributed by atoms with Crippen molar-refractivity contribution >= 4 is 5.69 Å². The van der Waals surface area contributed by atoms with E-state index in [0.717, 1.165) is 41.5 Å². The second-order valence-electron chi connectivity index (χ2n) is 6.09.